The highest BCUT2D eigenvalue weighted by atomic mass is 32.2. The molecular formula is C11H15NO2S2. The maximum Gasteiger partial charge on any atom is 0.253 e. The van der Waals surface area contributed by atoms with Crippen LogP contribution in [0.3, 0.4) is 0 Å². The fraction of sp³-hybridized carbons (Fsp3) is 0.545. The third kappa shape index (κ3) is 2.42. The largest absolute Gasteiger partial charge is 0.379 e. The molecule has 0 radical (unpaired) electrons. The van der Waals surface area contributed by atoms with Crippen molar-refractivity contribution in [1.82, 2.24) is 5.32 Å². The summed E-state index contributed by atoms with van der Waals surface area (Å²) >= 11 is 3.26. The second-order valence-corrected chi connectivity index (χ2v) is 6.15. The van der Waals surface area contributed by atoms with Gasteiger partial charge in [0.05, 0.1) is 6.54 Å². The fourth-order valence-electron chi connectivity index (χ4n) is 1.64. The molecule has 3 nitrogen and oxygen atoms in total. The van der Waals surface area contributed by atoms with Gasteiger partial charge in [-0.1, -0.05) is 0 Å². The summed E-state index contributed by atoms with van der Waals surface area (Å²) in [6, 6.07) is 2.03. The van der Waals surface area contributed by atoms with Crippen LogP contribution in [0.25, 0.3) is 0 Å². The molecule has 88 valence electrons. The van der Waals surface area contributed by atoms with E-state index in [0.29, 0.717) is 18.7 Å². The van der Waals surface area contributed by atoms with Crippen molar-refractivity contribution in [3.63, 3.8) is 0 Å². The lowest BCUT2D eigenvalue weighted by molar-refractivity contribution is -0.137. The number of rotatable bonds is 3. The Kier molecular flexibility index (Phi) is 3.56. The Hall–Kier alpha value is -0.520. The van der Waals surface area contributed by atoms with Gasteiger partial charge in [-0.15, -0.1) is 11.3 Å². The number of thiophene rings is 1. The van der Waals surface area contributed by atoms with Crippen LogP contribution in [0.15, 0.2) is 11.4 Å². The number of nitrogens with one attached hydrogen (secondary N) is 1. The SMILES string of the molecule is Cc1ccsc1CNC(=O)C1(O)CCSC1. The molecule has 2 rings (SSSR count). The molecule has 16 heavy (non-hydrogen) atoms. The summed E-state index contributed by atoms with van der Waals surface area (Å²) in [5, 5.41) is 14.9. The number of aryl methyl sites for hydroxylation is 1. The van der Waals surface area contributed by atoms with Crippen LogP contribution in [0.5, 0.6) is 0 Å². The van der Waals surface area contributed by atoms with E-state index in [1.165, 1.54) is 5.56 Å². The summed E-state index contributed by atoms with van der Waals surface area (Å²) in [5.74, 6) is 1.15. The molecule has 1 aromatic heterocycles. The van der Waals surface area contributed by atoms with Gasteiger partial charge < -0.3 is 10.4 Å². The van der Waals surface area contributed by atoms with Crippen molar-refractivity contribution in [1.29, 1.82) is 0 Å². The van der Waals surface area contributed by atoms with E-state index in [-0.39, 0.29) is 5.91 Å². The molecule has 5 heteroatoms. The molecule has 1 atom stereocenters. The van der Waals surface area contributed by atoms with Gasteiger partial charge in [0, 0.05) is 10.6 Å². The summed E-state index contributed by atoms with van der Waals surface area (Å²) in [7, 11) is 0. The van der Waals surface area contributed by atoms with Crippen LogP contribution in [0.4, 0.5) is 0 Å². The molecule has 0 saturated carbocycles. The van der Waals surface area contributed by atoms with Crippen LogP contribution in [-0.4, -0.2) is 28.1 Å². The van der Waals surface area contributed by atoms with Crippen molar-refractivity contribution in [3.8, 4) is 0 Å². The first-order valence-corrected chi connectivity index (χ1v) is 7.27. The molecule has 0 bridgehead atoms. The number of carbonyl (C=O) groups excluding carboxylic acids is 1. The van der Waals surface area contributed by atoms with Crippen LogP contribution in [0, 0.1) is 6.92 Å². The third-order valence-electron chi connectivity index (χ3n) is 2.80. The topological polar surface area (TPSA) is 49.3 Å². The predicted octanol–water partition coefficient (Wildman–Crippen LogP) is 1.54. The van der Waals surface area contributed by atoms with Gasteiger partial charge in [-0.3, -0.25) is 4.79 Å². The number of thioether (sulfide) groups is 1. The minimum absolute atomic E-state index is 0.231. The van der Waals surface area contributed by atoms with E-state index in [9.17, 15) is 9.90 Å². The molecule has 0 spiro atoms. The van der Waals surface area contributed by atoms with E-state index in [1.54, 1.807) is 23.1 Å². The van der Waals surface area contributed by atoms with E-state index >= 15 is 0 Å². The molecule has 1 amide bonds. The average molecular weight is 257 g/mol. The summed E-state index contributed by atoms with van der Waals surface area (Å²) in [6.07, 6.45) is 0.562. The van der Waals surface area contributed by atoms with Crippen molar-refractivity contribution >= 4 is 29.0 Å². The highest BCUT2D eigenvalue weighted by Crippen LogP contribution is 2.28. The molecule has 1 fully saturated rings. The number of aliphatic hydroxyl groups is 1. The normalized spacial score (nSPS) is 24.6. The maximum absolute atomic E-state index is 11.8. The zero-order valence-corrected chi connectivity index (χ0v) is 10.8. The first-order chi connectivity index (χ1) is 7.62. The van der Waals surface area contributed by atoms with Gasteiger partial charge in [-0.2, -0.15) is 11.8 Å². The lowest BCUT2D eigenvalue weighted by atomic mass is 10.0. The molecule has 0 aliphatic carbocycles. The Morgan fingerprint density at radius 2 is 2.50 bits per heavy atom. The van der Waals surface area contributed by atoms with Crippen LogP contribution >= 0.6 is 23.1 Å². The molecule has 2 N–H and O–H groups in total. The van der Waals surface area contributed by atoms with Gasteiger partial charge in [0.15, 0.2) is 5.60 Å². The summed E-state index contributed by atoms with van der Waals surface area (Å²) in [4.78, 5) is 13.0. The monoisotopic (exact) mass is 257 g/mol. The zero-order valence-electron chi connectivity index (χ0n) is 9.16. The third-order valence-corrected chi connectivity index (χ3v) is 5.00. The summed E-state index contributed by atoms with van der Waals surface area (Å²) in [6.45, 7) is 2.55. The number of amides is 1. The maximum atomic E-state index is 11.8. The van der Waals surface area contributed by atoms with E-state index in [1.807, 2.05) is 18.4 Å². The quantitative estimate of drug-likeness (QED) is 0.863. The van der Waals surface area contributed by atoms with Crippen molar-refractivity contribution in [3.05, 3.63) is 21.9 Å². The van der Waals surface area contributed by atoms with Gasteiger partial charge in [-0.05, 0) is 36.1 Å². The molecule has 1 aliphatic rings. The van der Waals surface area contributed by atoms with E-state index < -0.39 is 5.60 Å². The number of hydrogen-bond acceptors (Lipinski definition) is 4. The lowest BCUT2D eigenvalue weighted by Gasteiger charge is -2.19. The first kappa shape index (κ1) is 12.0. The standard InChI is InChI=1S/C11H15NO2S2/c1-8-2-4-16-9(8)6-12-10(13)11(14)3-5-15-7-11/h2,4,14H,3,5-7H2,1H3,(H,12,13). The van der Waals surface area contributed by atoms with Crippen molar-refractivity contribution in [2.45, 2.75) is 25.5 Å². The highest BCUT2D eigenvalue weighted by Gasteiger charge is 2.39. The van der Waals surface area contributed by atoms with Crippen molar-refractivity contribution in [2.24, 2.45) is 0 Å². The van der Waals surface area contributed by atoms with Gasteiger partial charge in [0.1, 0.15) is 0 Å². The minimum Gasteiger partial charge on any atom is -0.379 e. The smallest absolute Gasteiger partial charge is 0.253 e. The molecule has 1 aromatic rings. The van der Waals surface area contributed by atoms with Gasteiger partial charge in [0.25, 0.3) is 5.91 Å². The Labute approximate surface area is 103 Å². The zero-order chi connectivity index (χ0) is 11.6. The minimum atomic E-state index is -1.14. The average Bonchev–Trinajstić information content (AvgIpc) is 2.85. The van der Waals surface area contributed by atoms with Gasteiger partial charge in [0.2, 0.25) is 0 Å². The molecule has 0 aromatic carbocycles. The first-order valence-electron chi connectivity index (χ1n) is 5.23. The van der Waals surface area contributed by atoms with Crippen LogP contribution in [-0.2, 0) is 11.3 Å². The van der Waals surface area contributed by atoms with E-state index in [0.717, 1.165) is 10.6 Å². The Morgan fingerprint density at radius 1 is 1.69 bits per heavy atom. The molecule has 1 aliphatic heterocycles. The number of carbonyl (C=O) groups is 1. The van der Waals surface area contributed by atoms with Crippen molar-refractivity contribution < 1.29 is 9.90 Å². The highest BCUT2D eigenvalue weighted by molar-refractivity contribution is 7.99. The van der Waals surface area contributed by atoms with Crippen LogP contribution in [0.2, 0.25) is 0 Å². The summed E-state index contributed by atoms with van der Waals surface area (Å²) in [5.41, 5.74) is 0.0496. The Bertz CT molecular complexity index is 383. The molecule has 1 saturated heterocycles. The van der Waals surface area contributed by atoms with Crippen LogP contribution < -0.4 is 5.32 Å². The number of hydrogen-bond donors (Lipinski definition) is 2. The van der Waals surface area contributed by atoms with Gasteiger partial charge >= 0.3 is 0 Å². The molecular weight excluding hydrogens is 242 g/mol. The van der Waals surface area contributed by atoms with E-state index in [4.69, 9.17) is 0 Å². The Morgan fingerprint density at radius 3 is 3.06 bits per heavy atom. The van der Waals surface area contributed by atoms with Gasteiger partial charge in [-0.25, -0.2) is 0 Å². The fourth-order valence-corrected chi connectivity index (χ4v) is 3.73. The lowest BCUT2D eigenvalue weighted by Crippen LogP contribution is -2.46. The Balaban J connectivity index is 1.91. The molecule has 1 unspecified atom stereocenters. The second-order valence-electron chi connectivity index (χ2n) is 4.04. The predicted molar refractivity (Wildman–Crippen MR) is 67.8 cm³/mol. The van der Waals surface area contributed by atoms with Crippen LogP contribution in [0.1, 0.15) is 16.9 Å². The van der Waals surface area contributed by atoms with Crippen molar-refractivity contribution in [2.75, 3.05) is 11.5 Å². The second kappa shape index (κ2) is 4.77. The van der Waals surface area contributed by atoms with E-state index in [2.05, 4.69) is 5.32 Å². The summed E-state index contributed by atoms with van der Waals surface area (Å²) < 4.78 is 0. The molecule has 2 heterocycles.